The summed E-state index contributed by atoms with van der Waals surface area (Å²) in [7, 11) is 0. The molecule has 0 bridgehead atoms. The monoisotopic (exact) mass is 402 g/mol. The number of anilines is 1. The van der Waals surface area contributed by atoms with Crippen LogP contribution >= 0.6 is 27.3 Å². The van der Waals surface area contributed by atoms with Crippen LogP contribution < -0.4 is 5.32 Å². The van der Waals surface area contributed by atoms with Crippen LogP contribution in [0.5, 0.6) is 0 Å². The number of rotatable bonds is 5. The predicted molar refractivity (Wildman–Crippen MR) is 98.4 cm³/mol. The number of halogens is 1. The van der Waals surface area contributed by atoms with E-state index in [2.05, 4.69) is 55.5 Å². The summed E-state index contributed by atoms with van der Waals surface area (Å²) < 4.78 is 0.753. The quantitative estimate of drug-likeness (QED) is 0.682. The molecule has 0 fully saturated rings. The Morgan fingerprint density at radius 3 is 2.75 bits per heavy atom. The third-order valence-corrected chi connectivity index (χ3v) is 4.92. The highest BCUT2D eigenvalue weighted by atomic mass is 79.9. The molecule has 5 nitrogen and oxygen atoms in total. The molecule has 0 unspecified atom stereocenters. The van der Waals surface area contributed by atoms with E-state index in [1.165, 1.54) is 23.1 Å². The van der Waals surface area contributed by atoms with Gasteiger partial charge in [-0.3, -0.25) is 15.1 Å². The van der Waals surface area contributed by atoms with Crippen molar-refractivity contribution in [3.63, 3.8) is 0 Å². The van der Waals surface area contributed by atoms with E-state index in [-0.39, 0.29) is 11.8 Å². The molecule has 0 aliphatic carbocycles. The molecule has 1 aromatic carbocycles. The van der Waals surface area contributed by atoms with Crippen molar-refractivity contribution in [2.75, 3.05) is 5.32 Å². The normalized spacial score (nSPS) is 11.9. The first kappa shape index (κ1) is 16.7. The maximum absolute atomic E-state index is 12.3. The first-order valence-electron chi connectivity index (χ1n) is 7.47. The van der Waals surface area contributed by atoms with Crippen LogP contribution in [-0.4, -0.2) is 21.1 Å². The molecule has 0 spiro atoms. The van der Waals surface area contributed by atoms with E-state index in [4.69, 9.17) is 0 Å². The summed E-state index contributed by atoms with van der Waals surface area (Å²) >= 11 is 4.71. The minimum atomic E-state index is -0.251. The molecule has 24 heavy (non-hydrogen) atoms. The fraction of sp³-hybridized carbons (Fsp3) is 0.176. The second-order valence-electron chi connectivity index (χ2n) is 5.16. The molecule has 3 aromatic rings. The molecule has 0 saturated carbocycles. The van der Waals surface area contributed by atoms with Crippen molar-refractivity contribution in [2.45, 2.75) is 19.3 Å². The van der Waals surface area contributed by atoms with Crippen molar-refractivity contribution in [3.05, 3.63) is 69.4 Å². The fourth-order valence-corrected chi connectivity index (χ4v) is 3.68. The summed E-state index contributed by atoms with van der Waals surface area (Å²) in [5.41, 5.74) is 1.67. The van der Waals surface area contributed by atoms with Crippen LogP contribution in [0.3, 0.4) is 0 Å². The standard InChI is InChI=1S/C17H15BrN4OS/c1-2-14(11-6-4-3-5-7-11)16-21-22-17(24-16)20-15(23)12-8-13(18)10-19-9-12/h3-10,14H,2H2,1H3,(H,20,22,23)/t14-/m0/s1. The number of carbonyl (C=O) groups excluding carboxylic acids is 1. The summed E-state index contributed by atoms with van der Waals surface area (Å²) in [6.45, 7) is 2.12. The highest BCUT2D eigenvalue weighted by molar-refractivity contribution is 9.10. The summed E-state index contributed by atoms with van der Waals surface area (Å²) in [5, 5.41) is 12.5. The van der Waals surface area contributed by atoms with Gasteiger partial charge in [0, 0.05) is 22.8 Å². The van der Waals surface area contributed by atoms with Crippen LogP contribution in [0.1, 0.15) is 40.2 Å². The molecule has 1 amide bonds. The lowest BCUT2D eigenvalue weighted by molar-refractivity contribution is 0.102. The van der Waals surface area contributed by atoms with Crippen LogP contribution in [0.4, 0.5) is 5.13 Å². The van der Waals surface area contributed by atoms with Gasteiger partial charge in [-0.25, -0.2) is 0 Å². The van der Waals surface area contributed by atoms with Crippen LogP contribution in [0.15, 0.2) is 53.3 Å². The molecule has 2 heterocycles. The van der Waals surface area contributed by atoms with Crippen molar-refractivity contribution in [3.8, 4) is 0 Å². The third kappa shape index (κ3) is 3.85. The average Bonchev–Trinajstić information content (AvgIpc) is 3.04. The van der Waals surface area contributed by atoms with Gasteiger partial charge in [-0.1, -0.05) is 48.6 Å². The second kappa shape index (κ2) is 7.63. The van der Waals surface area contributed by atoms with Crippen LogP contribution in [-0.2, 0) is 0 Å². The first-order valence-corrected chi connectivity index (χ1v) is 9.08. The van der Waals surface area contributed by atoms with Crippen LogP contribution in [0, 0.1) is 0 Å². The van der Waals surface area contributed by atoms with Gasteiger partial charge >= 0.3 is 0 Å². The topological polar surface area (TPSA) is 67.8 Å². The van der Waals surface area contributed by atoms with Gasteiger partial charge in [-0.05, 0) is 34.0 Å². The number of hydrogen-bond acceptors (Lipinski definition) is 5. The summed E-state index contributed by atoms with van der Waals surface area (Å²) in [6.07, 6.45) is 4.06. The van der Waals surface area contributed by atoms with Gasteiger partial charge in [0.2, 0.25) is 5.13 Å². The van der Waals surface area contributed by atoms with Gasteiger partial charge in [0.15, 0.2) is 0 Å². The molecule has 3 rings (SSSR count). The minimum absolute atomic E-state index is 0.182. The number of aromatic nitrogens is 3. The molecular weight excluding hydrogens is 388 g/mol. The zero-order chi connectivity index (χ0) is 16.9. The van der Waals surface area contributed by atoms with Crippen molar-refractivity contribution < 1.29 is 4.79 Å². The molecule has 0 saturated heterocycles. The maximum atomic E-state index is 12.3. The zero-order valence-electron chi connectivity index (χ0n) is 12.9. The summed E-state index contributed by atoms with van der Waals surface area (Å²) in [6, 6.07) is 11.9. The lowest BCUT2D eigenvalue weighted by Gasteiger charge is -2.10. The van der Waals surface area contributed by atoms with Gasteiger partial charge in [0.05, 0.1) is 5.56 Å². The van der Waals surface area contributed by atoms with Gasteiger partial charge < -0.3 is 0 Å². The van der Waals surface area contributed by atoms with Gasteiger partial charge in [-0.15, -0.1) is 10.2 Å². The highest BCUT2D eigenvalue weighted by Crippen LogP contribution is 2.31. The van der Waals surface area contributed by atoms with Gasteiger partial charge in [-0.2, -0.15) is 0 Å². The van der Waals surface area contributed by atoms with E-state index in [9.17, 15) is 4.79 Å². The van der Waals surface area contributed by atoms with Gasteiger partial charge in [0.25, 0.3) is 5.91 Å². The second-order valence-corrected chi connectivity index (χ2v) is 7.09. The zero-order valence-corrected chi connectivity index (χ0v) is 15.3. The van der Waals surface area contributed by atoms with E-state index in [0.29, 0.717) is 10.7 Å². The number of hydrogen-bond donors (Lipinski definition) is 1. The summed E-state index contributed by atoms with van der Waals surface area (Å²) in [4.78, 5) is 16.2. The van der Waals surface area contributed by atoms with E-state index in [0.717, 1.165) is 15.9 Å². The lowest BCUT2D eigenvalue weighted by atomic mass is 9.97. The molecule has 1 N–H and O–H groups in total. The molecule has 122 valence electrons. The Morgan fingerprint density at radius 2 is 2.04 bits per heavy atom. The highest BCUT2D eigenvalue weighted by Gasteiger charge is 2.18. The van der Waals surface area contributed by atoms with Crippen LogP contribution in [0.2, 0.25) is 0 Å². The third-order valence-electron chi connectivity index (χ3n) is 3.54. The minimum Gasteiger partial charge on any atom is -0.296 e. The number of amides is 1. The summed E-state index contributed by atoms with van der Waals surface area (Å²) in [5.74, 6) is -0.0684. The predicted octanol–water partition coefficient (Wildman–Crippen LogP) is 4.49. The van der Waals surface area contributed by atoms with E-state index in [1.807, 2.05) is 18.2 Å². The van der Waals surface area contributed by atoms with Crippen LogP contribution in [0.25, 0.3) is 0 Å². The maximum Gasteiger partial charge on any atom is 0.259 e. The Labute approximate surface area is 152 Å². The molecule has 1 atom stereocenters. The molecular formula is C17H15BrN4OS. The van der Waals surface area contributed by atoms with Crippen molar-refractivity contribution >= 4 is 38.3 Å². The Bertz CT molecular complexity index is 837. The molecule has 7 heteroatoms. The number of benzene rings is 1. The van der Waals surface area contributed by atoms with Crippen molar-refractivity contribution in [1.29, 1.82) is 0 Å². The van der Waals surface area contributed by atoms with E-state index < -0.39 is 0 Å². The lowest BCUT2D eigenvalue weighted by Crippen LogP contribution is -2.11. The number of nitrogens with one attached hydrogen (secondary N) is 1. The largest absolute Gasteiger partial charge is 0.296 e. The number of carbonyl (C=O) groups is 1. The molecule has 0 radical (unpaired) electrons. The fourth-order valence-electron chi connectivity index (χ4n) is 2.37. The van der Waals surface area contributed by atoms with Crippen molar-refractivity contribution in [1.82, 2.24) is 15.2 Å². The Hall–Kier alpha value is -2.12. The van der Waals surface area contributed by atoms with E-state index in [1.54, 1.807) is 12.3 Å². The van der Waals surface area contributed by atoms with Gasteiger partial charge in [0.1, 0.15) is 5.01 Å². The smallest absolute Gasteiger partial charge is 0.259 e. The van der Waals surface area contributed by atoms with E-state index >= 15 is 0 Å². The SMILES string of the molecule is CC[C@@H](c1ccccc1)c1nnc(NC(=O)c2cncc(Br)c2)s1. The molecule has 2 aromatic heterocycles. The molecule has 0 aliphatic heterocycles. The number of pyridine rings is 1. The average molecular weight is 403 g/mol. The Morgan fingerprint density at radius 1 is 1.25 bits per heavy atom. The molecule has 0 aliphatic rings. The van der Waals surface area contributed by atoms with Crippen molar-refractivity contribution in [2.24, 2.45) is 0 Å². The number of nitrogens with zero attached hydrogens (tertiary/aromatic N) is 3. The Balaban J connectivity index is 1.77. The Kier molecular flexibility index (Phi) is 5.32. The first-order chi connectivity index (χ1) is 11.7.